The van der Waals surface area contributed by atoms with Gasteiger partial charge in [0.05, 0.1) is 17.2 Å². The Hall–Kier alpha value is -2.63. The van der Waals surface area contributed by atoms with Gasteiger partial charge in [-0.2, -0.15) is 0 Å². The summed E-state index contributed by atoms with van der Waals surface area (Å²) in [4.78, 5) is 17.8. The standard InChI is InChI=1S/C21H23N3O2/c25-18(14-24-11-9-15-4-1-2-5-17(15)13-24)12-23-21(26)19-7-3-6-16-8-10-22-20(16)19/h1-8,10,18,22,25H,9,11-14H2,(H,23,26). The van der Waals surface area contributed by atoms with Crippen LogP contribution in [0.4, 0.5) is 0 Å². The van der Waals surface area contributed by atoms with Gasteiger partial charge in [-0.15, -0.1) is 0 Å². The highest BCUT2D eigenvalue weighted by atomic mass is 16.3. The van der Waals surface area contributed by atoms with Crippen LogP contribution in [0.3, 0.4) is 0 Å². The van der Waals surface area contributed by atoms with Crippen LogP contribution in [-0.4, -0.2) is 46.6 Å². The molecule has 0 bridgehead atoms. The van der Waals surface area contributed by atoms with Gasteiger partial charge in [0.15, 0.2) is 0 Å². The first-order chi connectivity index (χ1) is 12.7. The lowest BCUT2D eigenvalue weighted by Crippen LogP contribution is -2.42. The maximum absolute atomic E-state index is 12.5. The number of benzene rings is 2. The van der Waals surface area contributed by atoms with Gasteiger partial charge < -0.3 is 15.4 Å². The molecule has 1 aromatic heterocycles. The molecule has 1 atom stereocenters. The fourth-order valence-electron chi connectivity index (χ4n) is 3.65. The molecule has 0 saturated heterocycles. The summed E-state index contributed by atoms with van der Waals surface area (Å²) in [7, 11) is 0. The smallest absolute Gasteiger partial charge is 0.253 e. The fraction of sp³-hybridized carbons (Fsp3) is 0.286. The number of para-hydroxylation sites is 1. The zero-order chi connectivity index (χ0) is 17.9. The number of hydrogen-bond acceptors (Lipinski definition) is 3. The minimum Gasteiger partial charge on any atom is -0.390 e. The van der Waals surface area contributed by atoms with Crippen molar-refractivity contribution in [3.8, 4) is 0 Å². The summed E-state index contributed by atoms with van der Waals surface area (Å²) >= 11 is 0. The predicted molar refractivity (Wildman–Crippen MR) is 102 cm³/mol. The minimum absolute atomic E-state index is 0.166. The van der Waals surface area contributed by atoms with Crippen LogP contribution in [0.15, 0.2) is 54.7 Å². The predicted octanol–water partition coefficient (Wildman–Crippen LogP) is 2.32. The number of fused-ring (bicyclic) bond motifs is 2. The van der Waals surface area contributed by atoms with E-state index in [0.717, 1.165) is 30.4 Å². The van der Waals surface area contributed by atoms with Gasteiger partial charge in [-0.05, 0) is 29.7 Å². The zero-order valence-corrected chi connectivity index (χ0v) is 14.6. The lowest BCUT2D eigenvalue weighted by Gasteiger charge is -2.30. The van der Waals surface area contributed by atoms with Crippen LogP contribution in [0.25, 0.3) is 10.9 Å². The zero-order valence-electron chi connectivity index (χ0n) is 14.6. The Bertz CT molecular complexity index is 918. The van der Waals surface area contributed by atoms with Gasteiger partial charge in [-0.3, -0.25) is 9.69 Å². The lowest BCUT2D eigenvalue weighted by molar-refractivity contribution is 0.0843. The molecular formula is C21H23N3O2. The molecular weight excluding hydrogens is 326 g/mol. The first-order valence-electron chi connectivity index (χ1n) is 9.02. The van der Waals surface area contributed by atoms with Crippen molar-refractivity contribution in [1.29, 1.82) is 0 Å². The molecule has 26 heavy (non-hydrogen) atoms. The Morgan fingerprint density at radius 2 is 2.00 bits per heavy atom. The number of aromatic nitrogens is 1. The summed E-state index contributed by atoms with van der Waals surface area (Å²) in [5.41, 5.74) is 4.15. The van der Waals surface area contributed by atoms with Gasteiger partial charge in [-0.25, -0.2) is 0 Å². The van der Waals surface area contributed by atoms with Gasteiger partial charge in [0.1, 0.15) is 0 Å². The largest absolute Gasteiger partial charge is 0.390 e. The fourth-order valence-corrected chi connectivity index (χ4v) is 3.65. The maximum atomic E-state index is 12.5. The Morgan fingerprint density at radius 1 is 1.15 bits per heavy atom. The van der Waals surface area contributed by atoms with E-state index in [-0.39, 0.29) is 12.5 Å². The number of nitrogens with zero attached hydrogens (tertiary/aromatic N) is 1. The second kappa shape index (κ2) is 7.32. The quantitative estimate of drug-likeness (QED) is 0.662. The number of aliphatic hydroxyl groups excluding tert-OH is 1. The summed E-state index contributed by atoms with van der Waals surface area (Å²) in [5, 5.41) is 14.2. The van der Waals surface area contributed by atoms with E-state index in [2.05, 4.69) is 39.5 Å². The molecule has 1 aliphatic heterocycles. The van der Waals surface area contributed by atoms with Crippen LogP contribution in [0, 0.1) is 0 Å². The van der Waals surface area contributed by atoms with Crippen molar-refractivity contribution < 1.29 is 9.90 Å². The van der Waals surface area contributed by atoms with Gasteiger partial charge in [-0.1, -0.05) is 36.4 Å². The minimum atomic E-state index is -0.591. The van der Waals surface area contributed by atoms with E-state index in [1.165, 1.54) is 11.1 Å². The summed E-state index contributed by atoms with van der Waals surface area (Å²) < 4.78 is 0. The first-order valence-corrected chi connectivity index (χ1v) is 9.02. The van der Waals surface area contributed by atoms with Crippen LogP contribution >= 0.6 is 0 Å². The molecule has 2 aromatic carbocycles. The van der Waals surface area contributed by atoms with E-state index in [1.807, 2.05) is 24.4 Å². The number of nitrogens with one attached hydrogen (secondary N) is 2. The number of carbonyl (C=O) groups excluding carboxylic acids is 1. The van der Waals surface area contributed by atoms with E-state index >= 15 is 0 Å². The number of hydrogen-bond donors (Lipinski definition) is 3. The van der Waals surface area contributed by atoms with E-state index in [0.29, 0.717) is 12.1 Å². The van der Waals surface area contributed by atoms with Crippen LogP contribution in [-0.2, 0) is 13.0 Å². The van der Waals surface area contributed by atoms with E-state index < -0.39 is 6.10 Å². The number of aromatic amines is 1. The number of aliphatic hydroxyl groups is 1. The molecule has 134 valence electrons. The Balaban J connectivity index is 1.32. The highest BCUT2D eigenvalue weighted by molar-refractivity contribution is 6.05. The van der Waals surface area contributed by atoms with Crippen molar-refractivity contribution in [3.05, 3.63) is 71.4 Å². The molecule has 0 aliphatic carbocycles. The van der Waals surface area contributed by atoms with Crippen LogP contribution in [0.1, 0.15) is 21.5 Å². The van der Waals surface area contributed by atoms with Crippen LogP contribution < -0.4 is 5.32 Å². The third-order valence-electron chi connectivity index (χ3n) is 5.01. The topological polar surface area (TPSA) is 68.4 Å². The second-order valence-electron chi connectivity index (χ2n) is 6.87. The number of β-amino-alcohol motifs (C(OH)–C–C–N with tert-alkyl or cyclic N) is 1. The second-order valence-corrected chi connectivity index (χ2v) is 6.87. The molecule has 3 aromatic rings. The molecule has 1 unspecified atom stereocenters. The molecule has 0 saturated carbocycles. The highest BCUT2D eigenvalue weighted by Crippen LogP contribution is 2.19. The molecule has 0 radical (unpaired) electrons. The summed E-state index contributed by atoms with van der Waals surface area (Å²) in [6.45, 7) is 2.59. The molecule has 2 heterocycles. The maximum Gasteiger partial charge on any atom is 0.253 e. The molecule has 5 nitrogen and oxygen atoms in total. The molecule has 5 heteroatoms. The van der Waals surface area contributed by atoms with Crippen molar-refractivity contribution in [2.45, 2.75) is 19.1 Å². The summed E-state index contributed by atoms with van der Waals surface area (Å²) in [6.07, 6.45) is 2.24. The van der Waals surface area contributed by atoms with E-state index in [9.17, 15) is 9.90 Å². The molecule has 0 fully saturated rings. The number of rotatable bonds is 5. The summed E-state index contributed by atoms with van der Waals surface area (Å²) in [6, 6.07) is 16.0. The van der Waals surface area contributed by atoms with Crippen molar-refractivity contribution in [1.82, 2.24) is 15.2 Å². The summed E-state index contributed by atoms with van der Waals surface area (Å²) in [5.74, 6) is -0.166. The highest BCUT2D eigenvalue weighted by Gasteiger charge is 2.19. The van der Waals surface area contributed by atoms with E-state index in [4.69, 9.17) is 0 Å². The molecule has 1 aliphatic rings. The Labute approximate surface area is 152 Å². The van der Waals surface area contributed by atoms with Crippen molar-refractivity contribution in [2.24, 2.45) is 0 Å². The number of H-pyrrole nitrogens is 1. The Kier molecular flexibility index (Phi) is 4.73. The number of carbonyl (C=O) groups is 1. The Morgan fingerprint density at radius 3 is 2.88 bits per heavy atom. The average Bonchev–Trinajstić information content (AvgIpc) is 3.15. The van der Waals surface area contributed by atoms with Gasteiger partial charge in [0.2, 0.25) is 0 Å². The SMILES string of the molecule is O=C(NCC(O)CN1CCc2ccccc2C1)c1cccc2cc[nH]c12. The molecule has 0 spiro atoms. The molecule has 4 rings (SSSR count). The molecule has 1 amide bonds. The van der Waals surface area contributed by atoms with Crippen LogP contribution in [0.2, 0.25) is 0 Å². The van der Waals surface area contributed by atoms with Crippen LogP contribution in [0.5, 0.6) is 0 Å². The average molecular weight is 349 g/mol. The van der Waals surface area contributed by atoms with Crippen molar-refractivity contribution in [2.75, 3.05) is 19.6 Å². The third-order valence-corrected chi connectivity index (χ3v) is 5.01. The van der Waals surface area contributed by atoms with Gasteiger partial charge in [0.25, 0.3) is 5.91 Å². The van der Waals surface area contributed by atoms with E-state index in [1.54, 1.807) is 6.07 Å². The lowest BCUT2D eigenvalue weighted by atomic mass is 10.00. The van der Waals surface area contributed by atoms with Crippen molar-refractivity contribution in [3.63, 3.8) is 0 Å². The third kappa shape index (κ3) is 3.49. The van der Waals surface area contributed by atoms with Gasteiger partial charge >= 0.3 is 0 Å². The molecule has 3 N–H and O–H groups in total. The van der Waals surface area contributed by atoms with Crippen molar-refractivity contribution >= 4 is 16.8 Å². The number of amides is 1. The van der Waals surface area contributed by atoms with Gasteiger partial charge in [0, 0.05) is 37.8 Å². The first kappa shape index (κ1) is 16.8. The normalized spacial score (nSPS) is 15.6. The monoisotopic (exact) mass is 349 g/mol.